The molecule has 1 aliphatic rings. The minimum absolute atomic E-state index is 0.0212. The van der Waals surface area contributed by atoms with E-state index >= 15 is 0 Å². The summed E-state index contributed by atoms with van der Waals surface area (Å²) in [5.41, 5.74) is 0.631. The van der Waals surface area contributed by atoms with Crippen LogP contribution in [0.4, 0.5) is 0 Å². The topological polar surface area (TPSA) is 59.3 Å². The molecule has 0 unspecified atom stereocenters. The Kier molecular flexibility index (Phi) is 1.69. The number of aromatic nitrogens is 1. The minimum atomic E-state index is -0.862. The molecule has 4 heteroatoms. The highest BCUT2D eigenvalue weighted by molar-refractivity contribution is 5.97. The Labute approximate surface area is 74.8 Å². The molecular weight excluding hydrogens is 170 g/mol. The molecule has 0 amide bonds. The lowest BCUT2D eigenvalue weighted by molar-refractivity contribution is -0.137. The smallest absolute Gasteiger partial charge is 0.305 e. The summed E-state index contributed by atoms with van der Waals surface area (Å²) in [6, 6.07) is 3.31. The van der Waals surface area contributed by atoms with Crippen LogP contribution in [-0.2, 0) is 4.79 Å². The number of carbonyl (C=O) groups is 2. The molecule has 0 spiro atoms. The van der Waals surface area contributed by atoms with Crippen molar-refractivity contribution in [1.82, 2.24) is 4.57 Å². The predicted octanol–water partition coefficient (Wildman–Crippen LogP) is 1.09. The third-order valence-electron chi connectivity index (χ3n) is 2.29. The van der Waals surface area contributed by atoms with Crippen LogP contribution in [-0.4, -0.2) is 21.4 Å². The van der Waals surface area contributed by atoms with Gasteiger partial charge in [-0.15, -0.1) is 0 Å². The summed E-state index contributed by atoms with van der Waals surface area (Å²) in [5, 5.41) is 8.60. The van der Waals surface area contributed by atoms with Gasteiger partial charge in [-0.25, -0.2) is 0 Å². The van der Waals surface area contributed by atoms with Gasteiger partial charge < -0.3 is 9.67 Å². The average molecular weight is 179 g/mol. The second-order valence-corrected chi connectivity index (χ2v) is 3.18. The maximum atomic E-state index is 11.3. The van der Waals surface area contributed by atoms with Crippen LogP contribution in [0.2, 0.25) is 0 Å². The number of fused-ring (bicyclic) bond motifs is 1. The van der Waals surface area contributed by atoms with E-state index in [0.29, 0.717) is 12.1 Å². The fraction of sp³-hybridized carbons (Fsp3) is 0.333. The van der Waals surface area contributed by atoms with Crippen LogP contribution in [0.1, 0.15) is 29.4 Å². The molecule has 13 heavy (non-hydrogen) atoms. The van der Waals surface area contributed by atoms with Crippen molar-refractivity contribution in [2.75, 3.05) is 0 Å². The number of ketones is 1. The van der Waals surface area contributed by atoms with E-state index in [1.807, 2.05) is 0 Å². The molecule has 0 radical (unpaired) electrons. The summed E-state index contributed by atoms with van der Waals surface area (Å²) in [6.07, 6.45) is 2.10. The molecule has 4 nitrogen and oxygen atoms in total. The van der Waals surface area contributed by atoms with Crippen LogP contribution in [0.5, 0.6) is 0 Å². The number of Topliss-reactive ketones (excluding diaryl/α,β-unsaturated/α-hetero) is 1. The molecule has 0 aromatic carbocycles. The van der Waals surface area contributed by atoms with Gasteiger partial charge in [-0.2, -0.15) is 0 Å². The molecule has 0 bridgehead atoms. The molecule has 1 aliphatic heterocycles. The van der Waals surface area contributed by atoms with E-state index in [1.165, 1.54) is 0 Å². The summed E-state index contributed by atoms with van der Waals surface area (Å²) >= 11 is 0. The van der Waals surface area contributed by atoms with Gasteiger partial charge in [0, 0.05) is 12.6 Å². The summed E-state index contributed by atoms with van der Waals surface area (Å²) in [6.45, 7) is 0. The number of hydrogen-bond acceptors (Lipinski definition) is 2. The van der Waals surface area contributed by atoms with Crippen molar-refractivity contribution in [2.24, 2.45) is 0 Å². The SMILES string of the molecule is O=C(O)C[C@H]1CC(=O)c2cccn21. The Bertz CT molecular complexity index is 367. The molecule has 1 aromatic heterocycles. The number of carbonyl (C=O) groups excluding carboxylic acids is 1. The van der Waals surface area contributed by atoms with Crippen LogP contribution < -0.4 is 0 Å². The predicted molar refractivity (Wildman–Crippen MR) is 44.7 cm³/mol. The number of nitrogens with zero attached hydrogens (tertiary/aromatic N) is 1. The van der Waals surface area contributed by atoms with Crippen molar-refractivity contribution in [3.63, 3.8) is 0 Å². The van der Waals surface area contributed by atoms with Crippen molar-refractivity contribution in [1.29, 1.82) is 0 Å². The number of aliphatic carboxylic acids is 1. The highest BCUT2D eigenvalue weighted by Crippen LogP contribution is 2.28. The third kappa shape index (κ3) is 1.24. The maximum absolute atomic E-state index is 11.3. The number of rotatable bonds is 2. The zero-order valence-corrected chi connectivity index (χ0v) is 6.93. The van der Waals surface area contributed by atoms with Crippen molar-refractivity contribution >= 4 is 11.8 Å². The van der Waals surface area contributed by atoms with Gasteiger partial charge >= 0.3 is 5.97 Å². The molecular formula is C9H9NO3. The molecule has 0 aliphatic carbocycles. The quantitative estimate of drug-likeness (QED) is 0.739. The molecule has 1 aromatic rings. The molecule has 0 saturated heterocycles. The largest absolute Gasteiger partial charge is 0.481 e. The van der Waals surface area contributed by atoms with Crippen LogP contribution in [0.15, 0.2) is 18.3 Å². The number of carboxylic acids is 1. The first-order valence-corrected chi connectivity index (χ1v) is 4.10. The van der Waals surface area contributed by atoms with E-state index in [1.54, 1.807) is 22.9 Å². The summed E-state index contributed by atoms with van der Waals surface area (Å²) in [4.78, 5) is 21.8. The molecule has 1 N–H and O–H groups in total. The Hall–Kier alpha value is -1.58. The molecule has 0 fully saturated rings. The van der Waals surface area contributed by atoms with Gasteiger partial charge in [0.2, 0.25) is 0 Å². The Morgan fingerprint density at radius 3 is 3.15 bits per heavy atom. The van der Waals surface area contributed by atoms with Crippen LogP contribution in [0, 0.1) is 0 Å². The Balaban J connectivity index is 2.28. The molecule has 1 atom stereocenters. The monoisotopic (exact) mass is 179 g/mol. The van der Waals surface area contributed by atoms with Crippen molar-refractivity contribution in [3.8, 4) is 0 Å². The van der Waals surface area contributed by atoms with Crippen molar-refractivity contribution in [3.05, 3.63) is 24.0 Å². The van der Waals surface area contributed by atoms with Crippen LogP contribution in [0.25, 0.3) is 0 Å². The first-order chi connectivity index (χ1) is 6.18. The molecule has 68 valence electrons. The van der Waals surface area contributed by atoms with Crippen molar-refractivity contribution < 1.29 is 14.7 Å². The fourth-order valence-electron chi connectivity index (χ4n) is 1.74. The maximum Gasteiger partial charge on any atom is 0.305 e. The van der Waals surface area contributed by atoms with Crippen molar-refractivity contribution in [2.45, 2.75) is 18.9 Å². The summed E-state index contributed by atoms with van der Waals surface area (Å²) in [5.74, 6) is -0.824. The third-order valence-corrected chi connectivity index (χ3v) is 2.29. The highest BCUT2D eigenvalue weighted by atomic mass is 16.4. The Morgan fingerprint density at radius 1 is 1.69 bits per heavy atom. The van der Waals surface area contributed by atoms with Gasteiger partial charge in [0.1, 0.15) is 0 Å². The lowest BCUT2D eigenvalue weighted by atomic mass is 10.1. The standard InChI is InChI=1S/C9H9NO3/c11-8-4-6(5-9(12)13)10-3-1-2-7(8)10/h1-3,6H,4-5H2,(H,12,13)/t6-/m1/s1. The summed E-state index contributed by atoms with van der Waals surface area (Å²) in [7, 11) is 0. The van der Waals surface area contributed by atoms with Gasteiger partial charge in [-0.3, -0.25) is 9.59 Å². The first kappa shape index (κ1) is 8.04. The first-order valence-electron chi connectivity index (χ1n) is 4.10. The zero-order chi connectivity index (χ0) is 9.42. The van der Waals surface area contributed by atoms with E-state index in [4.69, 9.17) is 5.11 Å². The molecule has 2 rings (SSSR count). The zero-order valence-electron chi connectivity index (χ0n) is 6.93. The van der Waals surface area contributed by atoms with Gasteiger partial charge in [0.05, 0.1) is 18.2 Å². The van der Waals surface area contributed by atoms with E-state index in [0.717, 1.165) is 0 Å². The van der Waals surface area contributed by atoms with E-state index in [2.05, 4.69) is 0 Å². The Morgan fingerprint density at radius 2 is 2.46 bits per heavy atom. The van der Waals surface area contributed by atoms with Gasteiger partial charge in [-0.1, -0.05) is 0 Å². The average Bonchev–Trinajstić information content (AvgIpc) is 2.56. The lowest BCUT2D eigenvalue weighted by Crippen LogP contribution is -2.08. The second kappa shape index (κ2) is 2.73. The minimum Gasteiger partial charge on any atom is -0.481 e. The van der Waals surface area contributed by atoms with E-state index < -0.39 is 5.97 Å². The van der Waals surface area contributed by atoms with E-state index in [-0.39, 0.29) is 18.2 Å². The second-order valence-electron chi connectivity index (χ2n) is 3.18. The number of hydrogen-bond donors (Lipinski definition) is 1. The summed E-state index contributed by atoms with van der Waals surface area (Å²) < 4.78 is 1.75. The normalized spacial score (nSPS) is 20.3. The van der Waals surface area contributed by atoms with Gasteiger partial charge in [0.15, 0.2) is 5.78 Å². The van der Waals surface area contributed by atoms with Gasteiger partial charge in [0.25, 0.3) is 0 Å². The van der Waals surface area contributed by atoms with E-state index in [9.17, 15) is 9.59 Å². The highest BCUT2D eigenvalue weighted by Gasteiger charge is 2.29. The molecule has 0 saturated carbocycles. The molecule has 2 heterocycles. The number of carboxylic acid groups (broad SMARTS) is 1. The van der Waals surface area contributed by atoms with Crippen LogP contribution in [0.3, 0.4) is 0 Å². The van der Waals surface area contributed by atoms with Gasteiger partial charge in [-0.05, 0) is 12.1 Å². The van der Waals surface area contributed by atoms with Crippen LogP contribution >= 0.6 is 0 Å². The fourth-order valence-corrected chi connectivity index (χ4v) is 1.74. The lowest BCUT2D eigenvalue weighted by Gasteiger charge is -2.08.